The van der Waals surface area contributed by atoms with E-state index in [4.69, 9.17) is 9.40 Å². The summed E-state index contributed by atoms with van der Waals surface area (Å²) in [5, 5.41) is 0.609. The van der Waals surface area contributed by atoms with Crippen LogP contribution < -0.4 is 5.43 Å². The summed E-state index contributed by atoms with van der Waals surface area (Å²) in [6.07, 6.45) is 4.40. The van der Waals surface area contributed by atoms with Gasteiger partial charge in [-0.25, -0.2) is 9.97 Å². The van der Waals surface area contributed by atoms with E-state index in [-0.39, 0.29) is 10.8 Å². The van der Waals surface area contributed by atoms with Crippen LogP contribution in [0.3, 0.4) is 0 Å². The fourth-order valence-electron chi connectivity index (χ4n) is 3.36. The second-order valence-electron chi connectivity index (χ2n) is 8.11. The van der Waals surface area contributed by atoms with Gasteiger partial charge in [-0.3, -0.25) is 9.69 Å². The summed E-state index contributed by atoms with van der Waals surface area (Å²) in [7, 11) is 0. The van der Waals surface area contributed by atoms with E-state index in [0.717, 1.165) is 41.1 Å². The average Bonchev–Trinajstić information content (AvgIpc) is 2.63. The van der Waals surface area contributed by atoms with E-state index in [1.54, 1.807) is 6.26 Å². The van der Waals surface area contributed by atoms with Crippen LogP contribution in [0.4, 0.5) is 0 Å². The summed E-state index contributed by atoms with van der Waals surface area (Å²) in [5.41, 5.74) is 3.53. The molecule has 140 valence electrons. The maximum atomic E-state index is 12.8. The molecule has 27 heavy (non-hydrogen) atoms. The minimum absolute atomic E-state index is 0.0303. The number of hydrogen-bond donors (Lipinski definition) is 0. The highest BCUT2D eigenvalue weighted by Crippen LogP contribution is 2.23. The summed E-state index contributed by atoms with van der Waals surface area (Å²) < 4.78 is 6.54. The standard InChI is InChI=1S/C21H22BrN3O2/c1-21(2,3)20-23-9-13-10-25(7-6-17(13)24-20)11-14-12-27-18-5-4-15(22)8-16(18)19(14)26/h4-5,8-9,12H,6-7,10-11H2,1-3H3. The van der Waals surface area contributed by atoms with Crippen LogP contribution in [-0.2, 0) is 24.9 Å². The van der Waals surface area contributed by atoms with Crippen LogP contribution in [0.25, 0.3) is 11.0 Å². The number of halogens is 1. The highest BCUT2D eigenvalue weighted by molar-refractivity contribution is 9.10. The Morgan fingerprint density at radius 1 is 1.30 bits per heavy atom. The first-order valence-electron chi connectivity index (χ1n) is 9.09. The van der Waals surface area contributed by atoms with E-state index >= 15 is 0 Å². The van der Waals surface area contributed by atoms with Crippen LogP contribution >= 0.6 is 15.9 Å². The lowest BCUT2D eigenvalue weighted by atomic mass is 9.95. The Bertz CT molecular complexity index is 1070. The van der Waals surface area contributed by atoms with Crippen molar-refractivity contribution in [3.63, 3.8) is 0 Å². The number of aromatic nitrogens is 2. The molecule has 3 aromatic rings. The fraction of sp³-hybridized carbons (Fsp3) is 0.381. The summed E-state index contributed by atoms with van der Waals surface area (Å²) in [6.45, 7) is 8.55. The Kier molecular flexibility index (Phi) is 4.64. The smallest absolute Gasteiger partial charge is 0.197 e. The van der Waals surface area contributed by atoms with Crippen LogP contribution in [0.2, 0.25) is 0 Å². The Hall–Kier alpha value is -2.05. The van der Waals surface area contributed by atoms with Gasteiger partial charge in [-0.1, -0.05) is 36.7 Å². The molecule has 3 heterocycles. The Balaban J connectivity index is 1.58. The van der Waals surface area contributed by atoms with Gasteiger partial charge in [0.15, 0.2) is 5.43 Å². The second-order valence-corrected chi connectivity index (χ2v) is 9.02. The minimum atomic E-state index is -0.0511. The van der Waals surface area contributed by atoms with Gasteiger partial charge in [-0.15, -0.1) is 0 Å². The zero-order valence-electron chi connectivity index (χ0n) is 15.8. The van der Waals surface area contributed by atoms with Gasteiger partial charge < -0.3 is 4.42 Å². The largest absolute Gasteiger partial charge is 0.464 e. The lowest BCUT2D eigenvalue weighted by Gasteiger charge is -2.28. The fourth-order valence-corrected chi connectivity index (χ4v) is 3.73. The van der Waals surface area contributed by atoms with Crippen molar-refractivity contribution in [3.8, 4) is 0 Å². The van der Waals surface area contributed by atoms with Crippen molar-refractivity contribution < 1.29 is 4.42 Å². The molecule has 0 atom stereocenters. The molecule has 0 fully saturated rings. The molecule has 5 nitrogen and oxygen atoms in total. The second kappa shape index (κ2) is 6.84. The summed E-state index contributed by atoms with van der Waals surface area (Å²) in [5.74, 6) is 0.885. The van der Waals surface area contributed by atoms with Crippen LogP contribution in [0.15, 0.2) is 44.3 Å². The maximum Gasteiger partial charge on any atom is 0.197 e. The van der Waals surface area contributed by atoms with Crippen LogP contribution in [0.1, 0.15) is 43.4 Å². The number of benzene rings is 1. The number of hydrogen-bond acceptors (Lipinski definition) is 5. The van der Waals surface area contributed by atoms with E-state index in [9.17, 15) is 4.79 Å². The summed E-state index contributed by atoms with van der Waals surface area (Å²) >= 11 is 3.42. The maximum absolute atomic E-state index is 12.8. The van der Waals surface area contributed by atoms with Gasteiger partial charge in [0, 0.05) is 59.0 Å². The molecule has 1 aliphatic rings. The molecule has 0 amide bonds. The third kappa shape index (κ3) is 3.69. The number of nitrogens with zero attached hydrogens (tertiary/aromatic N) is 3. The van der Waals surface area contributed by atoms with Crippen molar-refractivity contribution in [3.05, 3.63) is 68.0 Å². The molecule has 6 heteroatoms. The molecule has 0 spiro atoms. The molecule has 0 saturated carbocycles. The zero-order valence-corrected chi connectivity index (χ0v) is 17.3. The lowest BCUT2D eigenvalue weighted by Crippen LogP contribution is -2.33. The molecular formula is C21H22BrN3O2. The van der Waals surface area contributed by atoms with Gasteiger partial charge in [0.25, 0.3) is 0 Å². The molecule has 1 aromatic carbocycles. The topological polar surface area (TPSA) is 59.2 Å². The van der Waals surface area contributed by atoms with Crippen LogP contribution in [0.5, 0.6) is 0 Å². The normalized spacial score (nSPS) is 15.1. The first-order chi connectivity index (χ1) is 12.8. The quantitative estimate of drug-likeness (QED) is 0.613. The zero-order chi connectivity index (χ0) is 19.2. The minimum Gasteiger partial charge on any atom is -0.464 e. The Morgan fingerprint density at radius 2 is 2.11 bits per heavy atom. The van der Waals surface area contributed by atoms with Crippen molar-refractivity contribution in [1.82, 2.24) is 14.9 Å². The van der Waals surface area contributed by atoms with Gasteiger partial charge in [0.05, 0.1) is 11.6 Å². The molecule has 1 aliphatic heterocycles. The lowest BCUT2D eigenvalue weighted by molar-refractivity contribution is 0.240. The van der Waals surface area contributed by atoms with Gasteiger partial charge in [0.1, 0.15) is 11.4 Å². The van der Waals surface area contributed by atoms with E-state index < -0.39 is 0 Å². The molecule has 0 aliphatic carbocycles. The van der Waals surface area contributed by atoms with Crippen LogP contribution in [-0.4, -0.2) is 21.4 Å². The highest BCUT2D eigenvalue weighted by Gasteiger charge is 2.23. The Labute approximate surface area is 166 Å². The molecule has 0 N–H and O–H groups in total. The molecule has 4 rings (SSSR count). The van der Waals surface area contributed by atoms with Crippen molar-refractivity contribution in [2.45, 2.75) is 45.7 Å². The van der Waals surface area contributed by atoms with Crippen molar-refractivity contribution in [2.75, 3.05) is 6.54 Å². The van der Waals surface area contributed by atoms with Gasteiger partial charge in [-0.2, -0.15) is 0 Å². The molecule has 0 radical (unpaired) electrons. The van der Waals surface area contributed by atoms with Gasteiger partial charge in [-0.05, 0) is 18.2 Å². The predicted octanol–water partition coefficient (Wildman–Crippen LogP) is 4.20. The van der Waals surface area contributed by atoms with E-state index in [1.807, 2.05) is 24.4 Å². The highest BCUT2D eigenvalue weighted by atomic mass is 79.9. The summed E-state index contributed by atoms with van der Waals surface area (Å²) in [6, 6.07) is 5.50. The van der Waals surface area contributed by atoms with Crippen molar-refractivity contribution in [2.24, 2.45) is 0 Å². The third-order valence-corrected chi connectivity index (χ3v) is 5.38. The predicted molar refractivity (Wildman–Crippen MR) is 109 cm³/mol. The van der Waals surface area contributed by atoms with E-state index in [1.165, 1.54) is 0 Å². The van der Waals surface area contributed by atoms with Gasteiger partial charge in [0.2, 0.25) is 0 Å². The van der Waals surface area contributed by atoms with Crippen LogP contribution in [0, 0.1) is 0 Å². The first kappa shape index (κ1) is 18.3. The van der Waals surface area contributed by atoms with Crippen molar-refractivity contribution in [1.29, 1.82) is 0 Å². The molecular weight excluding hydrogens is 406 g/mol. The van der Waals surface area contributed by atoms with E-state index in [0.29, 0.717) is 23.1 Å². The molecule has 2 aromatic heterocycles. The molecule has 0 unspecified atom stereocenters. The average molecular weight is 428 g/mol. The Morgan fingerprint density at radius 3 is 2.89 bits per heavy atom. The van der Waals surface area contributed by atoms with Gasteiger partial charge >= 0.3 is 0 Å². The van der Waals surface area contributed by atoms with E-state index in [2.05, 4.69) is 46.6 Å². The number of rotatable bonds is 2. The molecule has 0 saturated heterocycles. The summed E-state index contributed by atoms with van der Waals surface area (Å²) in [4.78, 5) is 24.4. The molecule has 0 bridgehead atoms. The monoisotopic (exact) mass is 427 g/mol. The number of fused-ring (bicyclic) bond motifs is 2. The van der Waals surface area contributed by atoms with Crippen molar-refractivity contribution >= 4 is 26.9 Å². The first-order valence-corrected chi connectivity index (χ1v) is 9.88. The third-order valence-electron chi connectivity index (χ3n) is 4.88. The SMILES string of the molecule is CC(C)(C)c1ncc2c(n1)CCN(Cc1coc3ccc(Br)cc3c1=O)C2.